The molecule has 0 radical (unpaired) electrons. The highest BCUT2D eigenvalue weighted by molar-refractivity contribution is 7.89. The van der Waals surface area contributed by atoms with Crippen LogP contribution in [0.5, 0.6) is 0 Å². The fraction of sp³-hybridized carbons (Fsp3) is 0.0769. The lowest BCUT2D eigenvalue weighted by atomic mass is 10.1. The third-order valence-electron chi connectivity index (χ3n) is 5.98. The summed E-state index contributed by atoms with van der Waals surface area (Å²) in [6, 6.07) is 20.3. The van der Waals surface area contributed by atoms with Crippen LogP contribution in [0.25, 0.3) is 27.8 Å². The summed E-state index contributed by atoms with van der Waals surface area (Å²) in [7, 11) is -3.94. The minimum absolute atomic E-state index is 0.00810. The molecule has 37 heavy (non-hydrogen) atoms. The van der Waals surface area contributed by atoms with Crippen LogP contribution in [0.2, 0.25) is 0 Å². The normalized spacial score (nSPS) is 11.6. The van der Waals surface area contributed by atoms with E-state index in [4.69, 9.17) is 16.3 Å². The molecular formula is C26H23N7O3S. The first kappa shape index (κ1) is 24.1. The van der Waals surface area contributed by atoms with Gasteiger partial charge in [-0.15, -0.1) is 0 Å². The van der Waals surface area contributed by atoms with E-state index in [9.17, 15) is 13.2 Å². The number of sulfonamides is 1. The van der Waals surface area contributed by atoms with Gasteiger partial charge in [-0.05, 0) is 55.8 Å². The van der Waals surface area contributed by atoms with Crippen molar-refractivity contribution in [3.63, 3.8) is 0 Å². The molecule has 186 valence electrons. The van der Waals surface area contributed by atoms with Crippen LogP contribution < -0.4 is 10.9 Å². The minimum Gasteiger partial charge on any atom is -0.384 e. The van der Waals surface area contributed by atoms with Crippen LogP contribution in [0.1, 0.15) is 27.6 Å². The molecule has 2 aromatic heterocycles. The smallest absolute Gasteiger partial charge is 0.282 e. The molecule has 0 bridgehead atoms. The number of nitrogens with zero attached hydrogens (tertiary/aromatic N) is 4. The fourth-order valence-electron chi connectivity index (χ4n) is 4.35. The topological polar surface area (TPSA) is 163 Å². The van der Waals surface area contributed by atoms with Crippen LogP contribution in [0.3, 0.4) is 0 Å². The average molecular weight is 514 g/mol. The maximum Gasteiger partial charge on any atom is 0.282 e. The highest BCUT2D eigenvalue weighted by atomic mass is 32.2. The van der Waals surface area contributed by atoms with E-state index >= 15 is 0 Å². The van der Waals surface area contributed by atoms with Gasteiger partial charge in [0.05, 0.1) is 27.3 Å². The van der Waals surface area contributed by atoms with Gasteiger partial charge >= 0.3 is 0 Å². The zero-order chi connectivity index (χ0) is 26.5. The van der Waals surface area contributed by atoms with Gasteiger partial charge in [-0.2, -0.15) is 5.10 Å². The molecule has 0 saturated carbocycles. The first-order chi connectivity index (χ1) is 17.5. The number of carbonyl (C=O) groups excluding carboxylic acids is 1. The second-order valence-corrected chi connectivity index (χ2v) is 10.1. The van der Waals surface area contributed by atoms with E-state index in [2.05, 4.69) is 10.1 Å². The van der Waals surface area contributed by atoms with Gasteiger partial charge in [0.15, 0.2) is 0 Å². The van der Waals surface area contributed by atoms with Crippen molar-refractivity contribution in [2.75, 3.05) is 0 Å². The Morgan fingerprint density at radius 1 is 0.973 bits per heavy atom. The summed E-state index contributed by atoms with van der Waals surface area (Å²) >= 11 is 0. The monoisotopic (exact) mass is 513 g/mol. The van der Waals surface area contributed by atoms with Crippen molar-refractivity contribution in [3.05, 3.63) is 95.6 Å². The van der Waals surface area contributed by atoms with E-state index in [1.54, 1.807) is 80.6 Å². The van der Waals surface area contributed by atoms with Crippen molar-refractivity contribution in [2.24, 2.45) is 10.9 Å². The van der Waals surface area contributed by atoms with Gasteiger partial charge in [-0.3, -0.25) is 14.8 Å². The number of hydrogen-bond acceptors (Lipinski definition) is 6. The summed E-state index contributed by atoms with van der Waals surface area (Å²) in [5.74, 6) is 0.0288. The highest BCUT2D eigenvalue weighted by Gasteiger charge is 2.23. The van der Waals surface area contributed by atoms with Crippen LogP contribution in [0.15, 0.2) is 77.7 Å². The Kier molecular flexibility index (Phi) is 5.73. The molecule has 0 amide bonds. The summed E-state index contributed by atoms with van der Waals surface area (Å²) < 4.78 is 27.2. The molecule has 5 aromatic rings. The van der Waals surface area contributed by atoms with E-state index in [1.807, 2.05) is 0 Å². The van der Waals surface area contributed by atoms with Gasteiger partial charge in [0.2, 0.25) is 10.0 Å². The fourth-order valence-corrected chi connectivity index (χ4v) is 5.11. The Morgan fingerprint density at radius 2 is 1.73 bits per heavy atom. The predicted molar refractivity (Wildman–Crippen MR) is 140 cm³/mol. The number of imidazole rings is 1. The molecule has 0 unspecified atom stereocenters. The first-order valence-corrected chi connectivity index (χ1v) is 12.8. The zero-order valence-corrected chi connectivity index (χ0v) is 20.8. The van der Waals surface area contributed by atoms with E-state index in [1.165, 1.54) is 15.3 Å². The van der Waals surface area contributed by atoms with Gasteiger partial charge in [-0.25, -0.2) is 23.2 Å². The third kappa shape index (κ3) is 4.30. The summed E-state index contributed by atoms with van der Waals surface area (Å²) in [6.45, 7) is 3.51. The van der Waals surface area contributed by atoms with Crippen molar-refractivity contribution in [1.82, 2.24) is 19.3 Å². The Hall–Kier alpha value is -4.61. The number of primary sulfonamides is 1. The van der Waals surface area contributed by atoms with E-state index in [0.717, 1.165) is 0 Å². The van der Waals surface area contributed by atoms with Crippen molar-refractivity contribution in [3.8, 4) is 16.8 Å². The van der Waals surface area contributed by atoms with Crippen molar-refractivity contribution in [1.29, 1.82) is 5.41 Å². The first-order valence-electron chi connectivity index (χ1n) is 11.2. The van der Waals surface area contributed by atoms with E-state index in [-0.39, 0.29) is 16.6 Å². The molecule has 0 aliphatic rings. The molecular weight excluding hydrogens is 490 g/mol. The minimum atomic E-state index is -3.94. The Morgan fingerprint density at radius 3 is 2.46 bits per heavy atom. The van der Waals surface area contributed by atoms with Crippen LogP contribution >= 0.6 is 0 Å². The number of fused-ring (bicyclic) bond motifs is 1. The molecule has 2 heterocycles. The number of benzene rings is 3. The Balaban J connectivity index is 1.62. The molecule has 5 N–H and O–H groups in total. The largest absolute Gasteiger partial charge is 0.384 e. The third-order valence-corrected chi connectivity index (χ3v) is 6.95. The second-order valence-electron chi connectivity index (χ2n) is 8.59. The van der Waals surface area contributed by atoms with Gasteiger partial charge in [0, 0.05) is 11.1 Å². The second kappa shape index (κ2) is 8.80. The molecule has 0 atom stereocenters. The van der Waals surface area contributed by atoms with Crippen LogP contribution in [0.4, 0.5) is 0 Å². The van der Waals surface area contributed by atoms with Gasteiger partial charge < -0.3 is 5.73 Å². The lowest BCUT2D eigenvalue weighted by Gasteiger charge is -2.11. The molecule has 10 nitrogen and oxygen atoms in total. The highest BCUT2D eigenvalue weighted by Crippen LogP contribution is 2.30. The standard InChI is InChI=1S/C26H23N7O3S/c1-15-12-23(33(31-15)19-7-5-6-18(13-19)25(27)28)26(34)32-16(2)30-21-14-17(10-11-22(21)32)20-8-3-4-9-24(20)37(29,35)36/h3-14H,1-2H3,(H3,27,28)(H2,29,35,36). The van der Waals surface area contributed by atoms with Crippen molar-refractivity contribution >= 4 is 32.8 Å². The molecule has 5 rings (SSSR count). The molecule has 0 aliphatic heterocycles. The van der Waals surface area contributed by atoms with Gasteiger partial charge in [-0.1, -0.05) is 36.4 Å². The molecule has 0 spiro atoms. The Labute approximate surface area is 212 Å². The number of amidine groups is 1. The lowest BCUT2D eigenvalue weighted by Crippen LogP contribution is -2.18. The lowest BCUT2D eigenvalue weighted by molar-refractivity contribution is 0.0954. The Bertz CT molecular complexity index is 1830. The number of nitrogens with one attached hydrogen (secondary N) is 1. The van der Waals surface area contributed by atoms with Crippen LogP contribution in [0, 0.1) is 19.3 Å². The van der Waals surface area contributed by atoms with Crippen LogP contribution in [-0.4, -0.2) is 39.5 Å². The molecule has 0 saturated heterocycles. The number of aromatic nitrogens is 4. The summed E-state index contributed by atoms with van der Waals surface area (Å²) in [5, 5.41) is 17.6. The van der Waals surface area contributed by atoms with Crippen molar-refractivity contribution in [2.45, 2.75) is 18.7 Å². The van der Waals surface area contributed by atoms with Crippen molar-refractivity contribution < 1.29 is 13.2 Å². The van der Waals surface area contributed by atoms with E-state index in [0.29, 0.717) is 50.6 Å². The maximum absolute atomic E-state index is 13.8. The predicted octanol–water partition coefficient (Wildman–Crippen LogP) is 3.13. The summed E-state index contributed by atoms with van der Waals surface area (Å²) in [5.41, 5.74) is 9.83. The number of nitrogen functional groups attached to an aromatic ring is 1. The zero-order valence-electron chi connectivity index (χ0n) is 20.0. The number of rotatable bonds is 5. The summed E-state index contributed by atoms with van der Waals surface area (Å²) in [6.07, 6.45) is 0. The van der Waals surface area contributed by atoms with Gasteiger partial charge in [0.1, 0.15) is 17.4 Å². The maximum atomic E-state index is 13.8. The quantitative estimate of drug-likeness (QED) is 0.241. The van der Waals surface area contributed by atoms with Crippen LogP contribution in [-0.2, 0) is 10.0 Å². The van der Waals surface area contributed by atoms with Gasteiger partial charge in [0.25, 0.3) is 5.91 Å². The number of hydrogen-bond donors (Lipinski definition) is 3. The molecule has 3 aromatic carbocycles. The average Bonchev–Trinajstić information content (AvgIpc) is 3.41. The molecule has 0 fully saturated rings. The summed E-state index contributed by atoms with van der Waals surface area (Å²) in [4.78, 5) is 18.4. The molecule has 11 heteroatoms. The number of nitrogens with two attached hydrogens (primary N) is 2. The number of aryl methyl sites for hydroxylation is 2. The van der Waals surface area contributed by atoms with E-state index < -0.39 is 10.0 Å². The number of carbonyl (C=O) groups is 1. The molecule has 0 aliphatic carbocycles. The SMILES string of the molecule is Cc1cc(C(=O)n2c(C)nc3cc(-c4ccccc4S(N)(=O)=O)ccc32)n(-c2cccc(C(=N)N)c2)n1.